The van der Waals surface area contributed by atoms with Crippen molar-refractivity contribution in [3.8, 4) is 0 Å². The van der Waals surface area contributed by atoms with Crippen LogP contribution in [0.25, 0.3) is 10.9 Å². The molecule has 1 amide bonds. The van der Waals surface area contributed by atoms with Crippen molar-refractivity contribution in [3.63, 3.8) is 0 Å². The van der Waals surface area contributed by atoms with E-state index in [1.54, 1.807) is 12.1 Å². The maximum Gasteiger partial charge on any atom is 0.425 e. The number of alkyl halides is 3. The van der Waals surface area contributed by atoms with E-state index in [1.807, 2.05) is 0 Å². The molecule has 2 fully saturated rings. The van der Waals surface area contributed by atoms with E-state index in [0.717, 1.165) is 31.7 Å². The lowest BCUT2D eigenvalue weighted by Gasteiger charge is -2.57. The number of carbonyl (C=O) groups is 2. The maximum atomic E-state index is 13.1. The zero-order valence-corrected chi connectivity index (χ0v) is 19.4. The van der Waals surface area contributed by atoms with Gasteiger partial charge in [-0.25, -0.2) is 0 Å². The summed E-state index contributed by atoms with van der Waals surface area (Å²) in [4.78, 5) is 23.8. The third kappa shape index (κ3) is 4.29. The molecule has 0 radical (unpaired) electrons. The van der Waals surface area contributed by atoms with Crippen LogP contribution in [-0.4, -0.2) is 32.8 Å². The number of halogens is 4. The Kier molecular flexibility index (Phi) is 5.63. The van der Waals surface area contributed by atoms with Crippen LogP contribution in [0.1, 0.15) is 52.2 Å². The molecule has 0 bridgehead atoms. The van der Waals surface area contributed by atoms with E-state index in [2.05, 4.69) is 10.4 Å². The first-order chi connectivity index (χ1) is 16.0. The third-order valence-corrected chi connectivity index (χ3v) is 8.28. The Balaban J connectivity index is 1.31. The van der Waals surface area contributed by atoms with Gasteiger partial charge in [0.1, 0.15) is 4.88 Å². The third-order valence-electron chi connectivity index (χ3n) is 6.84. The Morgan fingerprint density at radius 1 is 1.21 bits per heavy atom. The molecular formula is C23H21ClF3N3O3S. The fraction of sp³-hybridized carbons (Fsp3) is 0.435. The molecule has 2 aliphatic rings. The summed E-state index contributed by atoms with van der Waals surface area (Å²) in [7, 11) is 0. The molecule has 5 rings (SSSR count). The molecule has 1 aromatic carbocycles. The number of nitrogens with one attached hydrogen (secondary N) is 1. The molecule has 2 saturated carbocycles. The minimum absolute atomic E-state index is 0.00650. The largest absolute Gasteiger partial charge is 0.481 e. The molecule has 0 aliphatic heterocycles. The van der Waals surface area contributed by atoms with E-state index in [-0.39, 0.29) is 36.2 Å². The number of fused-ring (bicyclic) bond motifs is 1. The lowest BCUT2D eigenvalue weighted by molar-refractivity contribution is -0.142. The van der Waals surface area contributed by atoms with Crippen LogP contribution in [0, 0.1) is 11.3 Å². The highest BCUT2D eigenvalue weighted by atomic mass is 35.5. The Morgan fingerprint density at radius 3 is 2.59 bits per heavy atom. The highest BCUT2D eigenvalue weighted by molar-refractivity contribution is 7.12. The number of aliphatic carboxylic acids is 1. The summed E-state index contributed by atoms with van der Waals surface area (Å²) in [5.74, 6) is -0.842. The van der Waals surface area contributed by atoms with Crippen LogP contribution in [0.4, 0.5) is 13.2 Å². The average molecular weight is 512 g/mol. The fourth-order valence-electron chi connectivity index (χ4n) is 5.48. The number of hydrogen-bond acceptors (Lipinski definition) is 4. The van der Waals surface area contributed by atoms with E-state index in [0.29, 0.717) is 37.7 Å². The first-order valence-corrected chi connectivity index (χ1v) is 12.0. The number of hydrogen-bond donors (Lipinski definition) is 2. The second kappa shape index (κ2) is 8.27. The number of rotatable bonds is 6. The van der Waals surface area contributed by atoms with Crippen LogP contribution in [0.5, 0.6) is 0 Å². The van der Waals surface area contributed by atoms with Crippen molar-refractivity contribution >= 4 is 45.7 Å². The molecule has 3 aromatic rings. The minimum atomic E-state index is -4.41. The van der Waals surface area contributed by atoms with Gasteiger partial charge in [-0.15, -0.1) is 11.3 Å². The van der Waals surface area contributed by atoms with Gasteiger partial charge in [-0.2, -0.15) is 18.3 Å². The molecule has 11 heteroatoms. The van der Waals surface area contributed by atoms with E-state index in [9.17, 15) is 22.8 Å². The van der Waals surface area contributed by atoms with Gasteiger partial charge in [0.2, 0.25) is 0 Å². The fourth-order valence-corrected chi connectivity index (χ4v) is 6.53. The molecule has 6 nitrogen and oxygen atoms in total. The van der Waals surface area contributed by atoms with Crippen molar-refractivity contribution in [2.75, 3.05) is 0 Å². The minimum Gasteiger partial charge on any atom is -0.481 e. The van der Waals surface area contributed by atoms with Crippen LogP contribution < -0.4 is 5.32 Å². The number of amides is 1. The number of thiophene rings is 1. The van der Waals surface area contributed by atoms with Crippen LogP contribution in [0.2, 0.25) is 5.02 Å². The average Bonchev–Trinajstić information content (AvgIpc) is 3.33. The highest BCUT2D eigenvalue weighted by Crippen LogP contribution is 2.59. The van der Waals surface area contributed by atoms with E-state index in [1.165, 1.54) is 16.9 Å². The van der Waals surface area contributed by atoms with Gasteiger partial charge in [0.25, 0.3) is 5.91 Å². The van der Waals surface area contributed by atoms with Gasteiger partial charge in [-0.3, -0.25) is 14.3 Å². The second-order valence-electron chi connectivity index (χ2n) is 9.37. The van der Waals surface area contributed by atoms with E-state index in [4.69, 9.17) is 16.7 Å². The van der Waals surface area contributed by atoms with Crippen LogP contribution >= 0.6 is 22.9 Å². The number of nitrogens with zero attached hydrogens (tertiary/aromatic N) is 2. The summed E-state index contributed by atoms with van der Waals surface area (Å²) >= 11 is 6.94. The Morgan fingerprint density at radius 2 is 1.94 bits per heavy atom. The van der Waals surface area contributed by atoms with Crippen molar-refractivity contribution < 1.29 is 27.9 Å². The number of benzene rings is 1. The van der Waals surface area contributed by atoms with E-state index >= 15 is 0 Å². The molecule has 180 valence electrons. The van der Waals surface area contributed by atoms with E-state index < -0.39 is 17.0 Å². The molecular weight excluding hydrogens is 491 g/mol. The van der Waals surface area contributed by atoms with Crippen molar-refractivity contribution in [1.82, 2.24) is 15.1 Å². The van der Waals surface area contributed by atoms with Gasteiger partial charge < -0.3 is 10.4 Å². The van der Waals surface area contributed by atoms with Gasteiger partial charge >= 0.3 is 12.1 Å². The summed E-state index contributed by atoms with van der Waals surface area (Å²) < 4.78 is 40.4. The quantitative estimate of drug-likeness (QED) is 0.452. The standard InChI is InChI=1S/C23H21ClF3N3O3S/c24-17-3-2-15(21(33)29-13-8-22(9-13)6-12(7-22)5-19(31)32)20-16(17)10-28-30(20)11-14-1-4-18(34-14)23(25,26)27/h1-4,10,12-13H,5-9,11H2,(H,29,33)(H,31,32). The van der Waals surface area contributed by atoms with Crippen molar-refractivity contribution in [2.24, 2.45) is 11.3 Å². The molecule has 2 heterocycles. The predicted octanol–water partition coefficient (Wildman–Crippen LogP) is 5.58. The van der Waals surface area contributed by atoms with Crippen LogP contribution in [0.15, 0.2) is 30.5 Å². The van der Waals surface area contributed by atoms with Gasteiger partial charge in [0.05, 0.1) is 28.8 Å². The lowest BCUT2D eigenvalue weighted by atomic mass is 9.49. The topological polar surface area (TPSA) is 84.2 Å². The molecule has 0 unspecified atom stereocenters. The Bertz CT molecular complexity index is 1270. The summed E-state index contributed by atoms with van der Waals surface area (Å²) in [6.45, 7) is 0.0857. The summed E-state index contributed by atoms with van der Waals surface area (Å²) in [5.41, 5.74) is 0.985. The monoisotopic (exact) mass is 511 g/mol. The normalized spacial score (nSPS) is 24.1. The molecule has 2 aliphatic carbocycles. The maximum absolute atomic E-state index is 13.1. The molecule has 1 spiro atoms. The van der Waals surface area contributed by atoms with Crippen LogP contribution in [0.3, 0.4) is 0 Å². The smallest absolute Gasteiger partial charge is 0.425 e. The van der Waals surface area contributed by atoms with Gasteiger partial charge in [-0.1, -0.05) is 11.6 Å². The summed E-state index contributed by atoms with van der Waals surface area (Å²) in [6.07, 6.45) is 0.704. The SMILES string of the molecule is O=C(O)CC1CC2(C1)CC(NC(=O)c1ccc(Cl)c3cnn(Cc4ccc(C(F)(F)F)s4)c13)C2. The van der Waals surface area contributed by atoms with Gasteiger partial charge in [0, 0.05) is 22.7 Å². The lowest BCUT2D eigenvalue weighted by Crippen LogP contribution is -2.56. The molecule has 2 aromatic heterocycles. The van der Waals surface area contributed by atoms with Gasteiger partial charge in [-0.05, 0) is 61.3 Å². The molecule has 0 atom stereocenters. The molecule has 34 heavy (non-hydrogen) atoms. The first-order valence-electron chi connectivity index (χ1n) is 10.9. The van der Waals surface area contributed by atoms with Crippen molar-refractivity contribution in [2.45, 2.75) is 50.9 Å². The van der Waals surface area contributed by atoms with Crippen LogP contribution in [-0.2, 0) is 17.5 Å². The number of carbonyl (C=O) groups excluding carboxylic acids is 1. The molecule has 0 saturated heterocycles. The Hall–Kier alpha value is -2.59. The zero-order valence-electron chi connectivity index (χ0n) is 17.9. The van der Waals surface area contributed by atoms with Gasteiger partial charge in [0.15, 0.2) is 0 Å². The summed E-state index contributed by atoms with van der Waals surface area (Å²) in [6, 6.07) is 5.68. The number of carboxylic acid groups (broad SMARTS) is 1. The van der Waals surface area contributed by atoms with Crippen molar-refractivity contribution in [1.29, 1.82) is 0 Å². The number of carboxylic acids is 1. The Labute approximate surface area is 201 Å². The summed E-state index contributed by atoms with van der Waals surface area (Å²) in [5, 5.41) is 17.2. The number of aromatic nitrogens is 2. The highest BCUT2D eigenvalue weighted by Gasteiger charge is 2.53. The second-order valence-corrected chi connectivity index (χ2v) is 10.9. The predicted molar refractivity (Wildman–Crippen MR) is 121 cm³/mol. The molecule has 2 N–H and O–H groups in total. The van der Waals surface area contributed by atoms with Crippen molar-refractivity contribution in [3.05, 3.63) is 50.8 Å². The first kappa shape index (κ1) is 23.2. The zero-order chi connectivity index (χ0) is 24.3.